The molecule has 41 heavy (non-hydrogen) atoms. The fourth-order valence-corrected chi connectivity index (χ4v) is 5.17. The summed E-state index contributed by atoms with van der Waals surface area (Å²) < 4.78 is 12.2. The number of hydrogen-bond donors (Lipinski definition) is 1. The molecule has 8 nitrogen and oxygen atoms in total. The average Bonchev–Trinajstić information content (AvgIpc) is 3.38. The van der Waals surface area contributed by atoms with Crippen molar-refractivity contribution in [1.29, 1.82) is 0 Å². The maximum Gasteiger partial charge on any atom is 0.261 e. The van der Waals surface area contributed by atoms with Gasteiger partial charge < -0.3 is 9.47 Å². The highest BCUT2D eigenvalue weighted by atomic mass is 16.5. The standard InChI is InChI=1S/C33H26N2O6/c1-4-35-31(38)26-14-12-24(18-28(26)32(35)39)41-22-10-6-8-20(16-22)33(2,3)19-7-5-9-21(15-19)40-23-11-13-25-27(17-23)30(37)34-29(25)36/h5-18H,4H2,1-3H3,(H,34,36,37). The second-order valence-corrected chi connectivity index (χ2v) is 10.4. The van der Waals surface area contributed by atoms with Crippen LogP contribution in [-0.2, 0) is 5.41 Å². The molecule has 0 saturated heterocycles. The van der Waals surface area contributed by atoms with Crippen molar-refractivity contribution < 1.29 is 28.7 Å². The number of carbonyl (C=O) groups excluding carboxylic acids is 4. The van der Waals surface area contributed by atoms with Crippen LogP contribution in [0.1, 0.15) is 73.3 Å². The van der Waals surface area contributed by atoms with Crippen LogP contribution in [0.25, 0.3) is 0 Å². The van der Waals surface area contributed by atoms with Crippen molar-refractivity contribution in [2.45, 2.75) is 26.2 Å². The molecule has 4 aromatic carbocycles. The van der Waals surface area contributed by atoms with E-state index in [9.17, 15) is 19.2 Å². The van der Waals surface area contributed by atoms with E-state index in [4.69, 9.17) is 9.47 Å². The highest BCUT2D eigenvalue weighted by Crippen LogP contribution is 2.37. The van der Waals surface area contributed by atoms with Crippen molar-refractivity contribution in [2.75, 3.05) is 6.54 Å². The van der Waals surface area contributed by atoms with Crippen LogP contribution in [0.3, 0.4) is 0 Å². The van der Waals surface area contributed by atoms with Gasteiger partial charge in [-0.05, 0) is 78.7 Å². The molecule has 0 unspecified atom stereocenters. The number of imide groups is 2. The lowest BCUT2D eigenvalue weighted by Gasteiger charge is -2.27. The number of fused-ring (bicyclic) bond motifs is 2. The van der Waals surface area contributed by atoms with Crippen molar-refractivity contribution in [3.63, 3.8) is 0 Å². The molecule has 0 radical (unpaired) electrons. The summed E-state index contributed by atoms with van der Waals surface area (Å²) in [7, 11) is 0. The number of carbonyl (C=O) groups is 4. The molecule has 0 saturated carbocycles. The first-order valence-corrected chi connectivity index (χ1v) is 13.2. The van der Waals surface area contributed by atoms with E-state index < -0.39 is 17.2 Å². The number of nitrogens with one attached hydrogen (secondary N) is 1. The third-order valence-electron chi connectivity index (χ3n) is 7.55. The van der Waals surface area contributed by atoms with Crippen LogP contribution in [0.2, 0.25) is 0 Å². The predicted molar refractivity (Wildman–Crippen MR) is 151 cm³/mol. The molecule has 2 aliphatic rings. The molecule has 0 aliphatic carbocycles. The molecule has 0 spiro atoms. The third-order valence-corrected chi connectivity index (χ3v) is 7.55. The quantitative estimate of drug-likeness (QED) is 0.281. The second-order valence-electron chi connectivity index (χ2n) is 10.4. The number of benzene rings is 4. The monoisotopic (exact) mass is 546 g/mol. The maximum absolute atomic E-state index is 12.6. The molecule has 0 fully saturated rings. The molecule has 2 heterocycles. The Kier molecular flexibility index (Phi) is 6.18. The average molecular weight is 547 g/mol. The lowest BCUT2D eigenvalue weighted by Crippen LogP contribution is -2.29. The zero-order valence-corrected chi connectivity index (χ0v) is 22.7. The first-order valence-electron chi connectivity index (χ1n) is 13.2. The third kappa shape index (κ3) is 4.53. The van der Waals surface area contributed by atoms with Crippen molar-refractivity contribution >= 4 is 23.6 Å². The summed E-state index contributed by atoms with van der Waals surface area (Å²) in [4.78, 5) is 50.1. The van der Waals surface area contributed by atoms with Gasteiger partial charge in [0.15, 0.2) is 0 Å². The molecule has 8 heteroatoms. The summed E-state index contributed by atoms with van der Waals surface area (Å²) >= 11 is 0. The Morgan fingerprint density at radius 2 is 1.10 bits per heavy atom. The summed E-state index contributed by atoms with van der Waals surface area (Å²) in [6.45, 7) is 6.27. The molecule has 0 aromatic heterocycles. The Balaban J connectivity index is 1.23. The second kappa shape index (κ2) is 9.75. The molecular weight excluding hydrogens is 520 g/mol. The Bertz CT molecular complexity index is 1770. The summed E-state index contributed by atoms with van der Waals surface area (Å²) in [6.07, 6.45) is 0. The fraction of sp³-hybridized carbons (Fsp3) is 0.152. The maximum atomic E-state index is 12.6. The smallest absolute Gasteiger partial charge is 0.261 e. The van der Waals surface area contributed by atoms with Crippen LogP contribution in [-0.4, -0.2) is 35.1 Å². The first kappa shape index (κ1) is 26.0. The van der Waals surface area contributed by atoms with Gasteiger partial charge in [0.2, 0.25) is 0 Å². The number of rotatable bonds is 7. The van der Waals surface area contributed by atoms with Gasteiger partial charge >= 0.3 is 0 Å². The number of hydrogen-bond acceptors (Lipinski definition) is 6. The molecule has 0 bridgehead atoms. The predicted octanol–water partition coefficient (Wildman–Crippen LogP) is 6.10. The Labute approximate surface area is 236 Å². The Hall–Kier alpha value is -5.24. The molecule has 1 N–H and O–H groups in total. The van der Waals surface area contributed by atoms with Crippen LogP contribution < -0.4 is 14.8 Å². The first-order chi connectivity index (χ1) is 19.7. The number of nitrogens with zero attached hydrogens (tertiary/aromatic N) is 1. The van der Waals surface area contributed by atoms with E-state index >= 15 is 0 Å². The Morgan fingerprint density at radius 1 is 0.610 bits per heavy atom. The van der Waals surface area contributed by atoms with E-state index in [-0.39, 0.29) is 11.8 Å². The minimum atomic E-state index is -0.440. The van der Waals surface area contributed by atoms with E-state index in [1.807, 2.05) is 48.5 Å². The van der Waals surface area contributed by atoms with Crippen molar-refractivity contribution in [2.24, 2.45) is 0 Å². The normalized spacial score (nSPS) is 14.2. The molecule has 4 aromatic rings. The number of amides is 4. The van der Waals surface area contributed by atoms with Crippen LogP contribution in [0, 0.1) is 0 Å². The highest BCUT2D eigenvalue weighted by Gasteiger charge is 2.34. The zero-order chi connectivity index (χ0) is 28.9. The van der Waals surface area contributed by atoms with Crippen LogP contribution in [0.5, 0.6) is 23.0 Å². The minimum absolute atomic E-state index is 0.286. The summed E-state index contributed by atoms with van der Waals surface area (Å²) in [5.74, 6) is 0.666. The van der Waals surface area contributed by atoms with E-state index in [2.05, 4.69) is 19.2 Å². The van der Waals surface area contributed by atoms with E-state index in [1.54, 1.807) is 43.3 Å². The summed E-state index contributed by atoms with van der Waals surface area (Å²) in [5, 5.41) is 2.28. The van der Waals surface area contributed by atoms with Gasteiger partial charge in [0.25, 0.3) is 23.6 Å². The van der Waals surface area contributed by atoms with E-state index in [0.717, 1.165) is 11.1 Å². The van der Waals surface area contributed by atoms with Crippen molar-refractivity contribution in [3.8, 4) is 23.0 Å². The van der Waals surface area contributed by atoms with Gasteiger partial charge in [-0.3, -0.25) is 29.4 Å². The fourth-order valence-electron chi connectivity index (χ4n) is 5.17. The SMILES string of the molecule is CCN1C(=O)c2ccc(Oc3cccc(C(C)(C)c4cccc(Oc5ccc6c(c5)C(=O)NC6=O)c4)c3)cc2C1=O. The zero-order valence-electron chi connectivity index (χ0n) is 22.7. The van der Waals surface area contributed by atoms with Crippen molar-refractivity contribution in [1.82, 2.24) is 10.2 Å². The summed E-state index contributed by atoms with van der Waals surface area (Å²) in [6, 6.07) is 25.1. The van der Waals surface area contributed by atoms with Crippen LogP contribution >= 0.6 is 0 Å². The van der Waals surface area contributed by atoms with Gasteiger partial charge in [-0.15, -0.1) is 0 Å². The van der Waals surface area contributed by atoms with Gasteiger partial charge in [0.1, 0.15) is 23.0 Å². The van der Waals surface area contributed by atoms with Gasteiger partial charge in [-0.1, -0.05) is 38.1 Å². The van der Waals surface area contributed by atoms with Crippen molar-refractivity contribution in [3.05, 3.63) is 118 Å². The minimum Gasteiger partial charge on any atom is -0.457 e. The molecular formula is C33H26N2O6. The lowest BCUT2D eigenvalue weighted by atomic mass is 9.78. The van der Waals surface area contributed by atoms with E-state index in [0.29, 0.717) is 51.8 Å². The molecule has 6 rings (SSSR count). The number of ether oxygens (including phenoxy) is 2. The Morgan fingerprint density at radius 3 is 1.68 bits per heavy atom. The topological polar surface area (TPSA) is 102 Å². The van der Waals surface area contributed by atoms with Crippen LogP contribution in [0.4, 0.5) is 0 Å². The van der Waals surface area contributed by atoms with E-state index in [1.165, 1.54) is 4.90 Å². The van der Waals surface area contributed by atoms with Gasteiger partial charge in [0.05, 0.1) is 22.3 Å². The molecule has 4 amide bonds. The largest absolute Gasteiger partial charge is 0.457 e. The highest BCUT2D eigenvalue weighted by molar-refractivity contribution is 6.22. The molecule has 0 atom stereocenters. The van der Waals surface area contributed by atoms with Gasteiger partial charge in [-0.25, -0.2) is 0 Å². The van der Waals surface area contributed by atoms with Crippen LogP contribution in [0.15, 0.2) is 84.9 Å². The van der Waals surface area contributed by atoms with Gasteiger partial charge in [-0.2, -0.15) is 0 Å². The summed E-state index contributed by atoms with van der Waals surface area (Å²) in [5.41, 5.74) is 2.90. The lowest BCUT2D eigenvalue weighted by molar-refractivity contribution is 0.0661. The molecule has 2 aliphatic heterocycles. The van der Waals surface area contributed by atoms with Gasteiger partial charge in [0, 0.05) is 12.0 Å². The molecule has 204 valence electrons.